The number of carbonyl (C=O) groups excluding carboxylic acids is 2. The first-order chi connectivity index (χ1) is 8.63. The molecule has 0 radical (unpaired) electrons. The molecule has 18 heavy (non-hydrogen) atoms. The van der Waals surface area contributed by atoms with Crippen molar-refractivity contribution in [3.63, 3.8) is 0 Å². The second-order valence-electron chi connectivity index (χ2n) is 5.09. The molecule has 102 valence electrons. The molecule has 0 aromatic carbocycles. The fraction of sp³-hybridized carbons (Fsp3) is 0.857. The molecule has 0 aromatic heterocycles. The molecule has 3 unspecified atom stereocenters. The second-order valence-corrected chi connectivity index (χ2v) is 5.09. The van der Waals surface area contributed by atoms with Crippen molar-refractivity contribution in [2.24, 2.45) is 21.8 Å². The zero-order valence-corrected chi connectivity index (χ0v) is 11.7. The highest BCUT2D eigenvalue weighted by molar-refractivity contribution is 5.35. The molecule has 1 aliphatic rings. The van der Waals surface area contributed by atoms with E-state index in [1.165, 1.54) is 37.8 Å². The Morgan fingerprint density at radius 3 is 2.11 bits per heavy atom. The Hall–Kier alpha value is -1.24. The molecule has 1 rings (SSSR count). The third-order valence-electron chi connectivity index (χ3n) is 3.27. The average Bonchev–Trinajstić information content (AvgIpc) is 2.35. The molecule has 4 nitrogen and oxygen atoms in total. The fourth-order valence-corrected chi connectivity index (χ4v) is 2.22. The Morgan fingerprint density at radius 2 is 1.78 bits per heavy atom. The highest BCUT2D eigenvalue weighted by Crippen LogP contribution is 2.27. The molecule has 1 saturated carbocycles. The first-order valence-electron chi connectivity index (χ1n) is 6.74. The Balaban J connectivity index is 0.000000327. The Bertz CT molecular complexity index is 297. The maximum Gasteiger partial charge on any atom is 0.235 e. The van der Waals surface area contributed by atoms with Crippen molar-refractivity contribution < 1.29 is 9.59 Å². The fourth-order valence-electron chi connectivity index (χ4n) is 2.22. The largest absolute Gasteiger partial charge is 0.235 e. The zero-order valence-electron chi connectivity index (χ0n) is 11.7. The van der Waals surface area contributed by atoms with Crippen LogP contribution in [0.5, 0.6) is 0 Å². The van der Waals surface area contributed by atoms with Crippen LogP contribution in [0.4, 0.5) is 0 Å². The maximum absolute atomic E-state index is 9.71. The van der Waals surface area contributed by atoms with Crippen LogP contribution in [0, 0.1) is 11.8 Å². The normalized spacial score (nSPS) is 23.7. The van der Waals surface area contributed by atoms with Crippen molar-refractivity contribution in [2.45, 2.75) is 58.9 Å². The highest BCUT2D eigenvalue weighted by Gasteiger charge is 2.13. The van der Waals surface area contributed by atoms with Crippen LogP contribution in [0.25, 0.3) is 0 Å². The molecule has 0 spiro atoms. The summed E-state index contributed by atoms with van der Waals surface area (Å²) < 4.78 is 0. The molecule has 0 saturated heterocycles. The SMILES string of the molecule is CC1CCCC(C)C1.CCC(CN=C=O)N=C=O. The first-order valence-corrected chi connectivity index (χ1v) is 6.74. The van der Waals surface area contributed by atoms with Gasteiger partial charge in [-0.25, -0.2) is 19.6 Å². The first kappa shape index (κ1) is 16.8. The van der Waals surface area contributed by atoms with Crippen LogP contribution in [0.3, 0.4) is 0 Å². The molecule has 4 heteroatoms. The Kier molecular flexibility index (Phi) is 10.1. The van der Waals surface area contributed by atoms with Crippen LogP contribution in [0.1, 0.15) is 52.9 Å². The molecule has 1 aliphatic carbocycles. The van der Waals surface area contributed by atoms with E-state index in [1.807, 2.05) is 6.92 Å². The summed E-state index contributed by atoms with van der Waals surface area (Å²) >= 11 is 0. The predicted octanol–water partition coefficient (Wildman–Crippen LogP) is 3.27. The Labute approximate surface area is 110 Å². The molecular formula is C14H24N2O2. The number of aliphatic imine (C=N–C) groups is 2. The number of rotatable bonds is 4. The smallest absolute Gasteiger partial charge is 0.211 e. The van der Waals surface area contributed by atoms with Crippen molar-refractivity contribution in [3.05, 3.63) is 0 Å². The average molecular weight is 252 g/mol. The lowest BCUT2D eigenvalue weighted by Crippen LogP contribution is -2.09. The van der Waals surface area contributed by atoms with Gasteiger partial charge in [0.25, 0.3) is 0 Å². The van der Waals surface area contributed by atoms with Gasteiger partial charge in [0.2, 0.25) is 12.2 Å². The highest BCUT2D eigenvalue weighted by atomic mass is 16.1. The third-order valence-corrected chi connectivity index (χ3v) is 3.27. The number of hydrogen-bond donors (Lipinski definition) is 0. The van der Waals surface area contributed by atoms with Gasteiger partial charge in [0.1, 0.15) is 0 Å². The van der Waals surface area contributed by atoms with E-state index in [0.717, 1.165) is 11.8 Å². The zero-order chi connectivity index (χ0) is 13.8. The van der Waals surface area contributed by atoms with Crippen molar-refractivity contribution in [3.8, 4) is 0 Å². The number of isocyanates is 2. The third kappa shape index (κ3) is 8.86. The van der Waals surface area contributed by atoms with E-state index in [9.17, 15) is 9.59 Å². The van der Waals surface area contributed by atoms with Gasteiger partial charge >= 0.3 is 0 Å². The molecule has 3 atom stereocenters. The van der Waals surface area contributed by atoms with Crippen LogP contribution >= 0.6 is 0 Å². The van der Waals surface area contributed by atoms with E-state index in [-0.39, 0.29) is 12.6 Å². The molecule has 1 fully saturated rings. The quantitative estimate of drug-likeness (QED) is 0.569. The van der Waals surface area contributed by atoms with Crippen LogP contribution in [-0.4, -0.2) is 24.7 Å². The minimum absolute atomic E-state index is 0.209. The molecular weight excluding hydrogens is 228 g/mol. The van der Waals surface area contributed by atoms with E-state index in [2.05, 4.69) is 23.8 Å². The summed E-state index contributed by atoms with van der Waals surface area (Å²) in [6.45, 7) is 6.83. The summed E-state index contributed by atoms with van der Waals surface area (Å²) in [4.78, 5) is 26.0. The molecule has 0 bridgehead atoms. The lowest BCUT2D eigenvalue weighted by atomic mass is 9.84. The van der Waals surface area contributed by atoms with Gasteiger partial charge in [-0.2, -0.15) is 0 Å². The van der Waals surface area contributed by atoms with E-state index < -0.39 is 0 Å². The van der Waals surface area contributed by atoms with E-state index in [4.69, 9.17) is 0 Å². The topological polar surface area (TPSA) is 58.9 Å². The van der Waals surface area contributed by atoms with Gasteiger partial charge in [0.15, 0.2) is 0 Å². The summed E-state index contributed by atoms with van der Waals surface area (Å²) in [7, 11) is 0. The molecule has 0 amide bonds. The maximum atomic E-state index is 9.71. The van der Waals surface area contributed by atoms with E-state index in [1.54, 1.807) is 0 Å². The summed E-state index contributed by atoms with van der Waals surface area (Å²) in [5, 5.41) is 0. The molecule has 0 N–H and O–H groups in total. The summed E-state index contributed by atoms with van der Waals surface area (Å²) in [5.74, 6) is 2.03. The monoisotopic (exact) mass is 252 g/mol. The van der Waals surface area contributed by atoms with Crippen LogP contribution in [0.15, 0.2) is 9.98 Å². The van der Waals surface area contributed by atoms with Crippen LogP contribution in [0.2, 0.25) is 0 Å². The van der Waals surface area contributed by atoms with Gasteiger partial charge in [-0.15, -0.1) is 0 Å². The Morgan fingerprint density at radius 1 is 1.17 bits per heavy atom. The van der Waals surface area contributed by atoms with Crippen molar-refractivity contribution in [1.29, 1.82) is 0 Å². The summed E-state index contributed by atoms with van der Waals surface area (Å²) in [6, 6.07) is -0.209. The van der Waals surface area contributed by atoms with Gasteiger partial charge in [-0.3, -0.25) is 0 Å². The minimum Gasteiger partial charge on any atom is -0.211 e. The van der Waals surface area contributed by atoms with Gasteiger partial charge < -0.3 is 0 Å². The minimum atomic E-state index is -0.209. The van der Waals surface area contributed by atoms with Gasteiger partial charge in [-0.1, -0.05) is 40.0 Å². The van der Waals surface area contributed by atoms with Gasteiger partial charge in [0, 0.05) is 0 Å². The lowest BCUT2D eigenvalue weighted by molar-refractivity contribution is 0.301. The number of hydrogen-bond acceptors (Lipinski definition) is 4. The van der Waals surface area contributed by atoms with Crippen LogP contribution in [-0.2, 0) is 9.59 Å². The molecule has 0 heterocycles. The summed E-state index contributed by atoms with van der Waals surface area (Å²) in [6.07, 6.45) is 9.37. The van der Waals surface area contributed by atoms with Gasteiger partial charge in [-0.05, 0) is 24.7 Å². The van der Waals surface area contributed by atoms with E-state index >= 15 is 0 Å². The van der Waals surface area contributed by atoms with Crippen molar-refractivity contribution >= 4 is 12.2 Å². The summed E-state index contributed by atoms with van der Waals surface area (Å²) in [5.41, 5.74) is 0. The van der Waals surface area contributed by atoms with Crippen LogP contribution < -0.4 is 0 Å². The lowest BCUT2D eigenvalue weighted by Gasteiger charge is -2.22. The predicted molar refractivity (Wildman–Crippen MR) is 72.0 cm³/mol. The number of nitrogens with zero attached hydrogens (tertiary/aromatic N) is 2. The van der Waals surface area contributed by atoms with E-state index in [0.29, 0.717) is 6.42 Å². The van der Waals surface area contributed by atoms with Crippen molar-refractivity contribution in [1.82, 2.24) is 0 Å². The molecule has 0 aromatic rings. The van der Waals surface area contributed by atoms with Gasteiger partial charge in [0.05, 0.1) is 12.6 Å². The molecule has 0 aliphatic heterocycles. The second kappa shape index (κ2) is 10.9. The standard InChI is InChI=1S/C8H16.C6H8N2O2/c1-7-4-3-5-8(2)6-7;1-2-6(8-5-10)3-7-4-9/h7-8H,3-6H2,1-2H3;6H,2-3H2,1H3. The van der Waals surface area contributed by atoms with Crippen molar-refractivity contribution in [2.75, 3.05) is 6.54 Å².